The monoisotopic (exact) mass is 434 g/mol. The third-order valence-corrected chi connectivity index (χ3v) is 6.17. The van der Waals surface area contributed by atoms with E-state index in [9.17, 15) is 9.90 Å². The van der Waals surface area contributed by atoms with Crippen molar-refractivity contribution in [2.45, 2.75) is 12.6 Å². The molecule has 3 aromatic rings. The number of carbonyl (C=O) groups is 1. The lowest BCUT2D eigenvalue weighted by Gasteiger charge is -2.14. The molecule has 0 saturated heterocycles. The number of thiophene rings is 2. The molecule has 0 spiro atoms. The molecule has 2 heterocycles. The molecule has 2 aromatic heterocycles. The molecule has 3 rings (SSSR count). The van der Waals surface area contributed by atoms with Gasteiger partial charge in [-0.25, -0.2) is 4.79 Å². The van der Waals surface area contributed by atoms with Gasteiger partial charge in [-0.2, -0.15) is 0 Å². The molecule has 0 aliphatic heterocycles. The van der Waals surface area contributed by atoms with Crippen LogP contribution < -0.4 is 24.8 Å². The zero-order valence-electron chi connectivity index (χ0n) is 16.2. The molecule has 0 aliphatic rings. The molecule has 0 fully saturated rings. The topological polar surface area (TPSA) is 89.1 Å². The first kappa shape index (κ1) is 21.0. The highest BCUT2D eigenvalue weighted by Gasteiger charge is 2.16. The molecule has 9 heteroatoms. The van der Waals surface area contributed by atoms with E-state index in [4.69, 9.17) is 14.2 Å². The van der Waals surface area contributed by atoms with Gasteiger partial charge >= 0.3 is 6.03 Å². The van der Waals surface area contributed by atoms with Gasteiger partial charge in [-0.3, -0.25) is 0 Å². The lowest BCUT2D eigenvalue weighted by atomic mass is 10.2. The minimum absolute atomic E-state index is 0.345. The number of carbonyl (C=O) groups excluding carboxylic acids is 1. The fourth-order valence-corrected chi connectivity index (χ4v) is 4.48. The van der Waals surface area contributed by atoms with Gasteiger partial charge < -0.3 is 30.0 Å². The maximum absolute atomic E-state index is 12.3. The standard InChI is InChI=1S/C20H22N2O5S2/c1-25-14-9-12(10-15(26-2)19(14)27-3)22-20(24)21-11-13-6-7-17(29-13)18(23)16-5-4-8-28-16/h4-10,18,23H,11H2,1-3H3,(H2,21,22,24). The smallest absolute Gasteiger partial charge is 0.319 e. The van der Waals surface area contributed by atoms with E-state index in [-0.39, 0.29) is 6.03 Å². The summed E-state index contributed by atoms with van der Waals surface area (Å²) in [6.45, 7) is 0.345. The van der Waals surface area contributed by atoms with Crippen LogP contribution in [-0.4, -0.2) is 32.5 Å². The molecular formula is C20H22N2O5S2. The Kier molecular flexibility index (Phi) is 6.97. The first-order chi connectivity index (χ1) is 14.0. The van der Waals surface area contributed by atoms with E-state index in [1.165, 1.54) is 44.0 Å². The summed E-state index contributed by atoms with van der Waals surface area (Å²) in [5.41, 5.74) is 0.511. The fourth-order valence-electron chi connectivity index (χ4n) is 2.72. The number of rotatable bonds is 8. The maximum Gasteiger partial charge on any atom is 0.319 e. The second kappa shape index (κ2) is 9.64. The number of amides is 2. The van der Waals surface area contributed by atoms with Crippen molar-refractivity contribution in [2.24, 2.45) is 0 Å². The molecule has 1 unspecified atom stereocenters. The molecule has 0 saturated carbocycles. The van der Waals surface area contributed by atoms with Crippen molar-refractivity contribution in [1.82, 2.24) is 5.32 Å². The number of ether oxygens (including phenoxy) is 3. The van der Waals surface area contributed by atoms with Crippen molar-refractivity contribution >= 4 is 34.4 Å². The Balaban J connectivity index is 1.61. The Morgan fingerprint density at radius 3 is 2.38 bits per heavy atom. The van der Waals surface area contributed by atoms with Crippen molar-refractivity contribution in [3.63, 3.8) is 0 Å². The number of hydrogen-bond donors (Lipinski definition) is 3. The Labute approximate surface area is 176 Å². The molecule has 1 aromatic carbocycles. The molecule has 7 nitrogen and oxygen atoms in total. The lowest BCUT2D eigenvalue weighted by molar-refractivity contribution is 0.228. The Hall–Kier alpha value is -2.75. The van der Waals surface area contributed by atoms with E-state index < -0.39 is 6.10 Å². The van der Waals surface area contributed by atoms with E-state index in [0.29, 0.717) is 29.5 Å². The zero-order valence-corrected chi connectivity index (χ0v) is 17.9. The molecule has 0 bridgehead atoms. The summed E-state index contributed by atoms with van der Waals surface area (Å²) in [6, 6.07) is 10.5. The average molecular weight is 435 g/mol. The van der Waals surface area contributed by atoms with Crippen molar-refractivity contribution in [3.8, 4) is 17.2 Å². The highest BCUT2D eigenvalue weighted by molar-refractivity contribution is 7.12. The van der Waals surface area contributed by atoms with Crippen molar-refractivity contribution in [3.05, 3.63) is 56.4 Å². The van der Waals surface area contributed by atoms with Gasteiger partial charge in [0.05, 0.1) is 33.6 Å². The molecule has 0 radical (unpaired) electrons. The molecule has 29 heavy (non-hydrogen) atoms. The van der Waals surface area contributed by atoms with Crippen LogP contribution in [0.1, 0.15) is 20.7 Å². The highest BCUT2D eigenvalue weighted by Crippen LogP contribution is 2.40. The summed E-state index contributed by atoms with van der Waals surface area (Å²) in [4.78, 5) is 15.0. The quantitative estimate of drug-likeness (QED) is 0.494. The van der Waals surface area contributed by atoms with E-state index in [2.05, 4.69) is 10.6 Å². The van der Waals surface area contributed by atoms with Crippen LogP contribution in [0.25, 0.3) is 0 Å². The van der Waals surface area contributed by atoms with Gasteiger partial charge in [0.1, 0.15) is 6.10 Å². The number of aliphatic hydroxyl groups excluding tert-OH is 1. The number of methoxy groups -OCH3 is 3. The van der Waals surface area contributed by atoms with Gasteiger partial charge in [-0.15, -0.1) is 22.7 Å². The van der Waals surface area contributed by atoms with Gasteiger partial charge in [0.25, 0.3) is 0 Å². The largest absolute Gasteiger partial charge is 0.493 e. The van der Waals surface area contributed by atoms with Crippen molar-refractivity contribution in [2.75, 3.05) is 26.6 Å². The van der Waals surface area contributed by atoms with Crippen LogP contribution >= 0.6 is 22.7 Å². The average Bonchev–Trinajstić information content (AvgIpc) is 3.43. The van der Waals surface area contributed by atoms with Crippen LogP contribution in [0.15, 0.2) is 41.8 Å². The number of benzene rings is 1. The summed E-state index contributed by atoms with van der Waals surface area (Å²) in [5.74, 6) is 1.36. The van der Waals surface area contributed by atoms with Gasteiger partial charge in [-0.1, -0.05) is 6.07 Å². The van der Waals surface area contributed by atoms with Gasteiger partial charge in [0.2, 0.25) is 5.75 Å². The van der Waals surface area contributed by atoms with E-state index in [1.54, 1.807) is 12.1 Å². The summed E-state index contributed by atoms with van der Waals surface area (Å²) in [5, 5.41) is 17.9. The number of aliphatic hydroxyl groups is 1. The number of urea groups is 1. The summed E-state index contributed by atoms with van der Waals surface area (Å²) in [6.07, 6.45) is -0.637. The first-order valence-electron chi connectivity index (χ1n) is 8.70. The Bertz CT molecular complexity index is 931. The van der Waals surface area contributed by atoms with Crippen LogP contribution in [0, 0.1) is 0 Å². The van der Waals surface area contributed by atoms with Crippen LogP contribution in [-0.2, 0) is 6.54 Å². The number of anilines is 1. The minimum Gasteiger partial charge on any atom is -0.493 e. The molecule has 154 valence electrons. The maximum atomic E-state index is 12.3. The van der Waals surface area contributed by atoms with E-state index in [1.807, 2.05) is 29.6 Å². The van der Waals surface area contributed by atoms with Gasteiger partial charge in [0, 0.05) is 26.8 Å². The van der Waals surface area contributed by atoms with Crippen LogP contribution in [0.3, 0.4) is 0 Å². The van der Waals surface area contributed by atoms with Crippen LogP contribution in [0.5, 0.6) is 17.2 Å². The number of nitrogens with one attached hydrogen (secondary N) is 2. The lowest BCUT2D eigenvalue weighted by Crippen LogP contribution is -2.27. The van der Waals surface area contributed by atoms with Crippen LogP contribution in [0.4, 0.5) is 10.5 Å². The molecule has 0 aliphatic carbocycles. The van der Waals surface area contributed by atoms with Gasteiger partial charge in [0.15, 0.2) is 11.5 Å². The Morgan fingerprint density at radius 1 is 1.07 bits per heavy atom. The SMILES string of the molecule is COc1cc(NC(=O)NCc2ccc(C(O)c3cccs3)s2)cc(OC)c1OC. The normalized spacial score (nSPS) is 11.6. The zero-order chi connectivity index (χ0) is 20.8. The molecular weight excluding hydrogens is 412 g/mol. The summed E-state index contributed by atoms with van der Waals surface area (Å²) >= 11 is 2.97. The second-order valence-corrected chi connectivity index (χ2v) is 8.12. The fraction of sp³-hybridized carbons (Fsp3) is 0.250. The summed E-state index contributed by atoms with van der Waals surface area (Å²) in [7, 11) is 4.55. The minimum atomic E-state index is -0.637. The van der Waals surface area contributed by atoms with Crippen molar-refractivity contribution < 1.29 is 24.1 Å². The predicted octanol–water partition coefficient (Wildman–Crippen LogP) is 4.24. The first-order valence-corrected chi connectivity index (χ1v) is 10.4. The van der Waals surface area contributed by atoms with Crippen molar-refractivity contribution in [1.29, 1.82) is 0 Å². The van der Waals surface area contributed by atoms with E-state index in [0.717, 1.165) is 14.6 Å². The predicted molar refractivity (Wildman–Crippen MR) is 115 cm³/mol. The molecule has 1 atom stereocenters. The molecule has 2 amide bonds. The summed E-state index contributed by atoms with van der Waals surface area (Å²) < 4.78 is 15.9. The van der Waals surface area contributed by atoms with Crippen LogP contribution in [0.2, 0.25) is 0 Å². The third-order valence-electron chi connectivity index (χ3n) is 4.11. The van der Waals surface area contributed by atoms with E-state index >= 15 is 0 Å². The second-order valence-electron chi connectivity index (χ2n) is 5.94. The highest BCUT2D eigenvalue weighted by atomic mass is 32.1. The molecule has 3 N–H and O–H groups in total. The third kappa shape index (κ3) is 5.00. The number of hydrogen-bond acceptors (Lipinski definition) is 7. The Morgan fingerprint density at radius 2 is 1.79 bits per heavy atom. The van der Waals surface area contributed by atoms with Gasteiger partial charge in [-0.05, 0) is 23.6 Å².